The first-order valence-corrected chi connectivity index (χ1v) is 7.04. The van der Waals surface area contributed by atoms with Gasteiger partial charge in [-0.3, -0.25) is 0 Å². The Labute approximate surface area is 128 Å². The van der Waals surface area contributed by atoms with E-state index in [0.717, 1.165) is 23.1 Å². The Kier molecular flexibility index (Phi) is 5.05. The highest BCUT2D eigenvalue weighted by Gasteiger charge is 2.09. The van der Waals surface area contributed by atoms with Crippen LogP contribution in [0.3, 0.4) is 0 Å². The van der Waals surface area contributed by atoms with Gasteiger partial charge >= 0.3 is 0 Å². The second kappa shape index (κ2) is 6.78. The van der Waals surface area contributed by atoms with Gasteiger partial charge in [0.15, 0.2) is 0 Å². The number of aldehydes is 1. The third kappa shape index (κ3) is 3.53. The number of halogens is 2. The van der Waals surface area contributed by atoms with Crippen molar-refractivity contribution in [2.24, 2.45) is 0 Å². The van der Waals surface area contributed by atoms with Gasteiger partial charge in [-0.2, -0.15) is 0 Å². The van der Waals surface area contributed by atoms with E-state index in [1.54, 1.807) is 6.07 Å². The topological polar surface area (TPSA) is 20.3 Å². The second-order valence-electron chi connectivity index (χ2n) is 4.59. The highest BCUT2D eigenvalue weighted by Crippen LogP contribution is 2.25. The van der Waals surface area contributed by atoms with E-state index in [2.05, 4.69) is 4.90 Å². The summed E-state index contributed by atoms with van der Waals surface area (Å²) in [6, 6.07) is 13.3. The molecule has 0 spiro atoms. The minimum Gasteiger partial charge on any atom is -0.370 e. The van der Waals surface area contributed by atoms with Crippen molar-refractivity contribution < 1.29 is 4.79 Å². The molecule has 0 saturated heterocycles. The average molecular weight is 308 g/mol. The summed E-state index contributed by atoms with van der Waals surface area (Å²) in [5.74, 6) is 0. The van der Waals surface area contributed by atoms with E-state index in [-0.39, 0.29) is 0 Å². The van der Waals surface area contributed by atoms with Gasteiger partial charge in [0.1, 0.15) is 6.29 Å². The van der Waals surface area contributed by atoms with Crippen molar-refractivity contribution in [3.05, 3.63) is 63.6 Å². The number of hydrogen-bond acceptors (Lipinski definition) is 2. The smallest absolute Gasteiger partial charge is 0.124 e. The number of rotatable bonds is 5. The summed E-state index contributed by atoms with van der Waals surface area (Å²) >= 11 is 12.1. The zero-order valence-corrected chi connectivity index (χ0v) is 12.7. The first kappa shape index (κ1) is 14.9. The predicted molar refractivity (Wildman–Crippen MR) is 84.8 cm³/mol. The molecule has 0 amide bonds. The van der Waals surface area contributed by atoms with Crippen LogP contribution in [0.5, 0.6) is 0 Å². The fourth-order valence-corrected chi connectivity index (χ4v) is 2.60. The SMILES string of the molecule is CN(Cc1ccc(Cl)cc1Cl)c1ccccc1CC=O. The number of nitrogens with zero attached hydrogens (tertiary/aromatic N) is 1. The van der Waals surface area contributed by atoms with Gasteiger partial charge in [-0.1, -0.05) is 47.5 Å². The summed E-state index contributed by atoms with van der Waals surface area (Å²) in [7, 11) is 1.98. The van der Waals surface area contributed by atoms with Crippen LogP contribution in [0.15, 0.2) is 42.5 Å². The van der Waals surface area contributed by atoms with Crippen molar-refractivity contribution in [2.75, 3.05) is 11.9 Å². The van der Waals surface area contributed by atoms with Crippen molar-refractivity contribution in [3.63, 3.8) is 0 Å². The van der Waals surface area contributed by atoms with Gasteiger partial charge in [-0.25, -0.2) is 0 Å². The molecule has 0 bridgehead atoms. The molecule has 0 unspecified atom stereocenters. The Morgan fingerprint density at radius 1 is 1.10 bits per heavy atom. The molecule has 104 valence electrons. The van der Waals surface area contributed by atoms with Crippen LogP contribution in [-0.2, 0) is 17.8 Å². The fraction of sp³-hybridized carbons (Fsp3) is 0.188. The van der Waals surface area contributed by atoms with Crippen LogP contribution in [0.4, 0.5) is 5.69 Å². The summed E-state index contributed by atoms with van der Waals surface area (Å²) in [4.78, 5) is 12.8. The van der Waals surface area contributed by atoms with Crippen LogP contribution in [0, 0.1) is 0 Å². The molecule has 0 aliphatic heterocycles. The predicted octanol–water partition coefficient (Wildman–Crippen LogP) is 4.37. The van der Waals surface area contributed by atoms with E-state index >= 15 is 0 Å². The van der Waals surface area contributed by atoms with Crippen molar-refractivity contribution in [1.29, 1.82) is 0 Å². The van der Waals surface area contributed by atoms with Crippen LogP contribution >= 0.6 is 23.2 Å². The molecule has 20 heavy (non-hydrogen) atoms. The number of carbonyl (C=O) groups excluding carboxylic acids is 1. The number of para-hydroxylation sites is 1. The number of anilines is 1. The lowest BCUT2D eigenvalue weighted by molar-refractivity contribution is -0.107. The number of benzene rings is 2. The largest absolute Gasteiger partial charge is 0.370 e. The standard InChI is InChI=1S/C16H15Cl2NO/c1-19(11-13-6-7-14(17)10-15(13)18)16-5-3-2-4-12(16)8-9-20/h2-7,9-10H,8,11H2,1H3. The molecular formula is C16H15Cl2NO. The monoisotopic (exact) mass is 307 g/mol. The third-order valence-corrected chi connectivity index (χ3v) is 3.72. The average Bonchev–Trinajstić information content (AvgIpc) is 2.43. The van der Waals surface area contributed by atoms with E-state index in [0.29, 0.717) is 23.0 Å². The molecule has 0 radical (unpaired) electrons. The maximum atomic E-state index is 10.7. The summed E-state index contributed by atoms with van der Waals surface area (Å²) in [6.45, 7) is 0.659. The van der Waals surface area contributed by atoms with E-state index in [4.69, 9.17) is 23.2 Å². The maximum Gasteiger partial charge on any atom is 0.124 e. The van der Waals surface area contributed by atoms with Crippen LogP contribution in [-0.4, -0.2) is 13.3 Å². The second-order valence-corrected chi connectivity index (χ2v) is 5.43. The lowest BCUT2D eigenvalue weighted by Gasteiger charge is -2.22. The van der Waals surface area contributed by atoms with Gasteiger partial charge in [0.2, 0.25) is 0 Å². The molecule has 0 atom stereocenters. The van der Waals surface area contributed by atoms with Gasteiger partial charge in [0, 0.05) is 35.7 Å². The molecule has 0 fully saturated rings. The van der Waals surface area contributed by atoms with Crippen LogP contribution < -0.4 is 4.90 Å². The van der Waals surface area contributed by atoms with E-state index in [1.165, 1.54) is 0 Å². The van der Waals surface area contributed by atoms with Gasteiger partial charge < -0.3 is 9.69 Å². The van der Waals surface area contributed by atoms with Gasteiger partial charge in [0.25, 0.3) is 0 Å². The molecule has 2 aromatic rings. The van der Waals surface area contributed by atoms with Crippen molar-refractivity contribution >= 4 is 35.2 Å². The van der Waals surface area contributed by atoms with Gasteiger partial charge in [-0.15, -0.1) is 0 Å². The summed E-state index contributed by atoms with van der Waals surface area (Å²) in [5, 5.41) is 1.28. The highest BCUT2D eigenvalue weighted by molar-refractivity contribution is 6.35. The van der Waals surface area contributed by atoms with Crippen molar-refractivity contribution in [3.8, 4) is 0 Å². The minimum atomic E-state index is 0.412. The van der Waals surface area contributed by atoms with Gasteiger partial charge in [-0.05, 0) is 29.3 Å². The van der Waals surface area contributed by atoms with E-state index in [9.17, 15) is 4.79 Å². The Morgan fingerprint density at radius 3 is 2.55 bits per heavy atom. The van der Waals surface area contributed by atoms with Crippen LogP contribution in [0.2, 0.25) is 10.0 Å². The molecule has 4 heteroatoms. The van der Waals surface area contributed by atoms with Crippen LogP contribution in [0.25, 0.3) is 0 Å². The Bertz CT molecular complexity index is 613. The molecule has 0 aromatic heterocycles. The molecular weight excluding hydrogens is 293 g/mol. The Balaban J connectivity index is 2.23. The molecule has 0 aliphatic rings. The van der Waals surface area contributed by atoms with E-state index < -0.39 is 0 Å². The molecule has 2 aromatic carbocycles. The molecule has 0 heterocycles. The van der Waals surface area contributed by atoms with Crippen molar-refractivity contribution in [2.45, 2.75) is 13.0 Å². The van der Waals surface area contributed by atoms with Gasteiger partial charge in [0.05, 0.1) is 0 Å². The molecule has 0 aliphatic carbocycles. The van der Waals surface area contributed by atoms with Crippen molar-refractivity contribution in [1.82, 2.24) is 0 Å². The van der Waals surface area contributed by atoms with E-state index in [1.807, 2.05) is 43.4 Å². The molecule has 0 N–H and O–H groups in total. The number of hydrogen-bond donors (Lipinski definition) is 0. The quantitative estimate of drug-likeness (QED) is 0.764. The highest BCUT2D eigenvalue weighted by atomic mass is 35.5. The lowest BCUT2D eigenvalue weighted by Crippen LogP contribution is -2.18. The Hall–Kier alpha value is -1.51. The third-order valence-electron chi connectivity index (χ3n) is 3.13. The molecule has 2 rings (SSSR count). The normalized spacial score (nSPS) is 10.3. The van der Waals surface area contributed by atoms with Crippen LogP contribution in [0.1, 0.15) is 11.1 Å². The summed E-state index contributed by atoms with van der Waals surface area (Å²) in [5.41, 5.74) is 3.04. The maximum absolute atomic E-state index is 10.7. The zero-order valence-electron chi connectivity index (χ0n) is 11.1. The first-order valence-electron chi connectivity index (χ1n) is 6.28. The zero-order chi connectivity index (χ0) is 14.5. The lowest BCUT2D eigenvalue weighted by atomic mass is 10.1. The first-order chi connectivity index (χ1) is 9.61. The Morgan fingerprint density at radius 2 is 1.85 bits per heavy atom. The molecule has 2 nitrogen and oxygen atoms in total. The number of carbonyl (C=O) groups is 1. The minimum absolute atomic E-state index is 0.412. The summed E-state index contributed by atoms with van der Waals surface area (Å²) in [6.07, 6.45) is 1.33. The fourth-order valence-electron chi connectivity index (χ4n) is 2.14. The summed E-state index contributed by atoms with van der Waals surface area (Å²) < 4.78 is 0. The molecule has 0 saturated carbocycles.